The monoisotopic (exact) mass is 412 g/mol. The zero-order chi connectivity index (χ0) is 21.3. The molecule has 0 saturated carbocycles. The van der Waals surface area contributed by atoms with Crippen LogP contribution in [0.15, 0.2) is 24.3 Å². The van der Waals surface area contributed by atoms with Crippen LogP contribution in [0, 0.1) is 19.8 Å². The molecule has 1 atom stereocenters. The van der Waals surface area contributed by atoms with E-state index in [9.17, 15) is 9.59 Å². The molecular weight excluding hydrogens is 384 g/mol. The van der Waals surface area contributed by atoms with Crippen LogP contribution in [0.1, 0.15) is 41.5 Å². The van der Waals surface area contributed by atoms with E-state index in [1.54, 1.807) is 0 Å². The zero-order valence-electron chi connectivity index (χ0n) is 17.8. The molecule has 30 heavy (non-hydrogen) atoms. The third-order valence-corrected chi connectivity index (χ3v) is 5.84. The highest BCUT2D eigenvalue weighted by Crippen LogP contribution is 2.35. The number of benzene rings is 1. The van der Waals surface area contributed by atoms with Crippen molar-refractivity contribution in [1.82, 2.24) is 9.47 Å². The third kappa shape index (κ3) is 3.94. The van der Waals surface area contributed by atoms with Crippen LogP contribution in [0.5, 0.6) is 11.5 Å². The molecule has 0 radical (unpaired) electrons. The second-order valence-electron chi connectivity index (χ2n) is 7.91. The van der Waals surface area contributed by atoms with Crippen LogP contribution >= 0.6 is 0 Å². The maximum absolute atomic E-state index is 13.1. The standard InChI is InChI=1S/C23H28N2O5/c1-4-28-23(27)17-6-5-9-24(12-17)13-20(26)19-10-15(2)25(16(19)3)18-7-8-21-22(11-18)30-14-29-21/h7-8,10-11,17H,4-6,9,12-14H2,1-3H3/t17-/m0/s1. The van der Waals surface area contributed by atoms with Crippen molar-refractivity contribution in [2.45, 2.75) is 33.6 Å². The molecule has 3 heterocycles. The molecule has 0 unspecified atom stereocenters. The van der Waals surface area contributed by atoms with Gasteiger partial charge in [-0.2, -0.15) is 0 Å². The van der Waals surface area contributed by atoms with Crippen molar-refractivity contribution in [3.63, 3.8) is 0 Å². The van der Waals surface area contributed by atoms with Crippen LogP contribution in [0.2, 0.25) is 0 Å². The molecule has 2 aliphatic heterocycles. The molecule has 0 aliphatic carbocycles. The van der Waals surface area contributed by atoms with Crippen molar-refractivity contribution >= 4 is 11.8 Å². The first-order valence-electron chi connectivity index (χ1n) is 10.5. The van der Waals surface area contributed by atoms with E-state index in [0.29, 0.717) is 31.0 Å². The van der Waals surface area contributed by atoms with Gasteiger partial charge in [0.2, 0.25) is 6.79 Å². The largest absolute Gasteiger partial charge is 0.466 e. The number of piperidine rings is 1. The average molecular weight is 412 g/mol. The zero-order valence-corrected chi connectivity index (χ0v) is 17.8. The van der Waals surface area contributed by atoms with Crippen LogP contribution in [-0.2, 0) is 9.53 Å². The first-order chi connectivity index (χ1) is 14.5. The smallest absolute Gasteiger partial charge is 0.310 e. The van der Waals surface area contributed by atoms with Crippen LogP contribution in [0.4, 0.5) is 0 Å². The second-order valence-corrected chi connectivity index (χ2v) is 7.91. The van der Waals surface area contributed by atoms with Gasteiger partial charge in [-0.1, -0.05) is 0 Å². The Bertz CT molecular complexity index is 965. The highest BCUT2D eigenvalue weighted by molar-refractivity contribution is 5.99. The van der Waals surface area contributed by atoms with Crippen LogP contribution in [-0.4, -0.2) is 54.3 Å². The normalized spacial score (nSPS) is 18.4. The predicted octanol–water partition coefficient (Wildman–Crippen LogP) is 3.28. The van der Waals surface area contributed by atoms with Crippen molar-refractivity contribution < 1.29 is 23.8 Å². The summed E-state index contributed by atoms with van der Waals surface area (Å²) in [5, 5.41) is 0. The van der Waals surface area contributed by atoms with Crippen molar-refractivity contribution in [3.05, 3.63) is 41.2 Å². The van der Waals surface area contributed by atoms with E-state index < -0.39 is 0 Å². The molecule has 0 bridgehead atoms. The molecule has 2 aliphatic rings. The minimum absolute atomic E-state index is 0.0691. The molecule has 1 aromatic carbocycles. The van der Waals surface area contributed by atoms with E-state index in [2.05, 4.69) is 9.47 Å². The Labute approximate surface area is 176 Å². The van der Waals surface area contributed by atoms with E-state index in [0.717, 1.165) is 42.2 Å². The van der Waals surface area contributed by atoms with E-state index in [1.807, 2.05) is 45.0 Å². The molecule has 0 N–H and O–H groups in total. The Balaban J connectivity index is 1.50. The average Bonchev–Trinajstić information content (AvgIpc) is 3.31. The SMILES string of the molecule is CCOC(=O)[C@H]1CCCN(CC(=O)c2cc(C)n(-c3ccc4c(c3)OCO4)c2C)C1. The number of hydrogen-bond acceptors (Lipinski definition) is 6. The Morgan fingerprint density at radius 3 is 2.77 bits per heavy atom. The Hall–Kier alpha value is -2.80. The summed E-state index contributed by atoms with van der Waals surface area (Å²) < 4.78 is 18.1. The highest BCUT2D eigenvalue weighted by atomic mass is 16.7. The molecule has 1 fully saturated rings. The predicted molar refractivity (Wildman–Crippen MR) is 111 cm³/mol. The summed E-state index contributed by atoms with van der Waals surface area (Å²) in [7, 11) is 0. The van der Waals surface area contributed by atoms with E-state index in [1.165, 1.54) is 0 Å². The summed E-state index contributed by atoms with van der Waals surface area (Å²) in [6, 6.07) is 7.73. The number of fused-ring (bicyclic) bond motifs is 1. The van der Waals surface area contributed by atoms with Gasteiger partial charge < -0.3 is 18.8 Å². The fourth-order valence-corrected chi connectivity index (χ4v) is 4.41. The molecule has 4 rings (SSSR count). The molecule has 7 nitrogen and oxygen atoms in total. The van der Waals surface area contributed by atoms with Crippen LogP contribution in [0.3, 0.4) is 0 Å². The van der Waals surface area contributed by atoms with Crippen molar-refractivity contribution in [1.29, 1.82) is 0 Å². The number of ketones is 1. The summed E-state index contributed by atoms with van der Waals surface area (Å²) in [5.74, 6) is 1.22. The fourth-order valence-electron chi connectivity index (χ4n) is 4.41. The van der Waals surface area contributed by atoms with Gasteiger partial charge in [0, 0.05) is 35.2 Å². The first kappa shape index (κ1) is 20.5. The van der Waals surface area contributed by atoms with Gasteiger partial charge in [-0.3, -0.25) is 14.5 Å². The lowest BCUT2D eigenvalue weighted by molar-refractivity contribution is -0.149. The molecule has 2 aromatic rings. The van der Waals surface area contributed by atoms with Gasteiger partial charge in [0.25, 0.3) is 0 Å². The summed E-state index contributed by atoms with van der Waals surface area (Å²) in [5.41, 5.74) is 3.53. The van der Waals surface area contributed by atoms with Crippen molar-refractivity contribution in [3.8, 4) is 17.2 Å². The van der Waals surface area contributed by atoms with E-state index in [-0.39, 0.29) is 24.5 Å². The van der Waals surface area contributed by atoms with Crippen molar-refractivity contribution in [2.75, 3.05) is 33.0 Å². The maximum Gasteiger partial charge on any atom is 0.310 e. The lowest BCUT2D eigenvalue weighted by Crippen LogP contribution is -2.41. The number of esters is 1. The minimum Gasteiger partial charge on any atom is -0.466 e. The summed E-state index contributed by atoms with van der Waals surface area (Å²) in [6.45, 7) is 8.09. The van der Waals surface area contributed by atoms with Crippen molar-refractivity contribution in [2.24, 2.45) is 5.92 Å². The molecule has 160 valence electrons. The van der Waals surface area contributed by atoms with Gasteiger partial charge in [0.05, 0.1) is 19.1 Å². The second kappa shape index (κ2) is 8.52. The minimum atomic E-state index is -0.157. The Morgan fingerprint density at radius 1 is 1.17 bits per heavy atom. The van der Waals surface area contributed by atoms with E-state index >= 15 is 0 Å². The lowest BCUT2D eigenvalue weighted by atomic mass is 9.97. The molecule has 0 amide bonds. The summed E-state index contributed by atoms with van der Waals surface area (Å²) in [4.78, 5) is 27.3. The molecule has 7 heteroatoms. The topological polar surface area (TPSA) is 70.0 Å². The number of rotatable bonds is 6. The number of aryl methyl sites for hydroxylation is 1. The molecular formula is C23H28N2O5. The lowest BCUT2D eigenvalue weighted by Gasteiger charge is -2.30. The summed E-state index contributed by atoms with van der Waals surface area (Å²) >= 11 is 0. The van der Waals surface area contributed by atoms with E-state index in [4.69, 9.17) is 14.2 Å². The summed E-state index contributed by atoms with van der Waals surface area (Å²) in [6.07, 6.45) is 1.72. The Kier molecular flexibility index (Phi) is 5.81. The molecule has 0 spiro atoms. The van der Waals surface area contributed by atoms with Gasteiger partial charge in [0.15, 0.2) is 17.3 Å². The van der Waals surface area contributed by atoms with Crippen LogP contribution < -0.4 is 9.47 Å². The number of carbonyl (C=O) groups excluding carboxylic acids is 2. The fraction of sp³-hybridized carbons (Fsp3) is 0.478. The van der Waals surface area contributed by atoms with Gasteiger partial charge in [-0.25, -0.2) is 0 Å². The number of nitrogens with zero attached hydrogens (tertiary/aromatic N) is 2. The number of likely N-dealkylation sites (tertiary alicyclic amines) is 1. The maximum atomic E-state index is 13.1. The van der Waals surface area contributed by atoms with Gasteiger partial charge >= 0.3 is 5.97 Å². The van der Waals surface area contributed by atoms with Crippen LogP contribution in [0.25, 0.3) is 5.69 Å². The van der Waals surface area contributed by atoms with Gasteiger partial charge in [-0.05, 0) is 58.4 Å². The number of Topliss-reactive ketones (excluding diaryl/α,β-unsaturated/α-hetero) is 1. The third-order valence-electron chi connectivity index (χ3n) is 5.84. The van der Waals surface area contributed by atoms with Gasteiger partial charge in [-0.15, -0.1) is 0 Å². The number of carbonyl (C=O) groups is 2. The quantitative estimate of drug-likeness (QED) is 0.536. The number of aromatic nitrogens is 1. The molecule has 1 aromatic heterocycles. The Morgan fingerprint density at radius 2 is 1.97 bits per heavy atom. The number of ether oxygens (including phenoxy) is 3. The number of hydrogen-bond donors (Lipinski definition) is 0. The molecule has 1 saturated heterocycles. The first-order valence-corrected chi connectivity index (χ1v) is 10.5. The highest BCUT2D eigenvalue weighted by Gasteiger charge is 2.29. The van der Waals surface area contributed by atoms with Gasteiger partial charge in [0.1, 0.15) is 0 Å².